The summed E-state index contributed by atoms with van der Waals surface area (Å²) in [5.41, 5.74) is 1.30. The van der Waals surface area contributed by atoms with Crippen LogP contribution in [-0.2, 0) is 0 Å². The van der Waals surface area contributed by atoms with Crippen molar-refractivity contribution in [2.75, 3.05) is 21.3 Å². The number of rotatable bonds is 5. The van der Waals surface area contributed by atoms with E-state index in [1.54, 1.807) is 30.3 Å². The smallest absolute Gasteiger partial charge is 0.291 e. The molecule has 148 valence electrons. The summed E-state index contributed by atoms with van der Waals surface area (Å²) < 4.78 is 17.9. The number of halogens is 1. The number of methoxy groups -OCH3 is 3. The summed E-state index contributed by atoms with van der Waals surface area (Å²) in [5.74, 6) is 1.84. The number of aromatic nitrogens is 3. The van der Waals surface area contributed by atoms with Gasteiger partial charge in [-0.1, -0.05) is 35.1 Å². The zero-order valence-electron chi connectivity index (χ0n) is 15.8. The molecule has 0 aliphatic rings. The predicted molar refractivity (Wildman–Crippen MR) is 112 cm³/mol. The molecule has 0 unspecified atom stereocenters. The molecule has 4 rings (SSSR count). The Kier molecular flexibility index (Phi) is 5.12. The number of hydrogen-bond acceptors (Lipinski definition) is 7. The minimum atomic E-state index is -0.230. The number of benzene rings is 2. The Morgan fingerprint density at radius 2 is 1.69 bits per heavy atom. The quantitative estimate of drug-likeness (QED) is 0.485. The maximum atomic E-state index is 12.7. The summed E-state index contributed by atoms with van der Waals surface area (Å²) in [5, 5.41) is 5.02. The van der Waals surface area contributed by atoms with Crippen molar-refractivity contribution in [3.05, 3.63) is 61.9 Å². The maximum Gasteiger partial charge on any atom is 0.291 e. The standard InChI is InChI=1S/C20H16ClN3O4S/c1-26-14-9-12(10-15(27-2)17(14)28-3)18-22-20-24(23-18)19(25)16(29-20)8-11-4-6-13(21)7-5-11/h4-10H,1-3H3/b16-8-. The van der Waals surface area contributed by atoms with Gasteiger partial charge in [0.15, 0.2) is 17.3 Å². The van der Waals surface area contributed by atoms with Crippen molar-refractivity contribution in [1.29, 1.82) is 0 Å². The summed E-state index contributed by atoms with van der Waals surface area (Å²) in [7, 11) is 4.61. The normalized spacial score (nSPS) is 11.8. The molecule has 0 fully saturated rings. The molecule has 0 spiro atoms. The molecule has 0 saturated carbocycles. The Balaban J connectivity index is 1.80. The first kappa shape index (κ1) is 19.2. The van der Waals surface area contributed by atoms with Crippen LogP contribution in [0.2, 0.25) is 5.02 Å². The van der Waals surface area contributed by atoms with E-state index in [1.807, 2.05) is 12.1 Å². The van der Waals surface area contributed by atoms with Gasteiger partial charge < -0.3 is 14.2 Å². The van der Waals surface area contributed by atoms with Crippen LogP contribution in [0.25, 0.3) is 22.4 Å². The lowest BCUT2D eigenvalue weighted by Gasteiger charge is -2.12. The number of hydrogen-bond donors (Lipinski definition) is 0. The molecular weight excluding hydrogens is 414 g/mol. The number of thiazole rings is 1. The monoisotopic (exact) mass is 429 g/mol. The molecule has 0 N–H and O–H groups in total. The van der Waals surface area contributed by atoms with Gasteiger partial charge in [-0.15, -0.1) is 5.10 Å². The molecule has 2 aromatic heterocycles. The van der Waals surface area contributed by atoms with Crippen LogP contribution in [0.1, 0.15) is 5.56 Å². The highest BCUT2D eigenvalue weighted by atomic mass is 35.5. The number of fused-ring (bicyclic) bond motifs is 1. The zero-order chi connectivity index (χ0) is 20.5. The van der Waals surface area contributed by atoms with Crippen molar-refractivity contribution < 1.29 is 14.2 Å². The van der Waals surface area contributed by atoms with Gasteiger partial charge in [-0.2, -0.15) is 9.50 Å². The minimum absolute atomic E-state index is 0.230. The van der Waals surface area contributed by atoms with E-state index in [4.69, 9.17) is 25.8 Å². The van der Waals surface area contributed by atoms with E-state index in [0.29, 0.717) is 43.2 Å². The van der Waals surface area contributed by atoms with Gasteiger partial charge in [0.05, 0.1) is 25.9 Å². The number of nitrogens with zero attached hydrogens (tertiary/aromatic N) is 3. The van der Waals surface area contributed by atoms with Crippen molar-refractivity contribution in [2.24, 2.45) is 0 Å². The van der Waals surface area contributed by atoms with Crippen molar-refractivity contribution >= 4 is 34.0 Å². The van der Waals surface area contributed by atoms with Crippen molar-refractivity contribution in [3.63, 3.8) is 0 Å². The van der Waals surface area contributed by atoms with Gasteiger partial charge in [-0.25, -0.2) is 0 Å². The highest BCUT2D eigenvalue weighted by Crippen LogP contribution is 2.40. The van der Waals surface area contributed by atoms with Gasteiger partial charge in [-0.05, 0) is 35.9 Å². The van der Waals surface area contributed by atoms with Gasteiger partial charge >= 0.3 is 0 Å². The first-order valence-electron chi connectivity index (χ1n) is 8.51. The van der Waals surface area contributed by atoms with Crippen LogP contribution in [0.15, 0.2) is 41.2 Å². The van der Waals surface area contributed by atoms with E-state index in [0.717, 1.165) is 5.56 Å². The minimum Gasteiger partial charge on any atom is -0.493 e. The van der Waals surface area contributed by atoms with E-state index in [2.05, 4.69) is 10.1 Å². The van der Waals surface area contributed by atoms with Crippen LogP contribution in [0.5, 0.6) is 17.2 Å². The Morgan fingerprint density at radius 1 is 1.03 bits per heavy atom. The molecular formula is C20H16ClN3O4S. The van der Waals surface area contributed by atoms with Crippen LogP contribution in [-0.4, -0.2) is 35.9 Å². The topological polar surface area (TPSA) is 75.0 Å². The van der Waals surface area contributed by atoms with E-state index >= 15 is 0 Å². The summed E-state index contributed by atoms with van der Waals surface area (Å²) in [6, 6.07) is 10.7. The lowest BCUT2D eigenvalue weighted by molar-refractivity contribution is 0.324. The summed E-state index contributed by atoms with van der Waals surface area (Å²) >= 11 is 7.17. The van der Waals surface area contributed by atoms with Crippen molar-refractivity contribution in [2.45, 2.75) is 0 Å². The summed E-state index contributed by atoms with van der Waals surface area (Å²) in [6.45, 7) is 0. The molecule has 9 heteroatoms. The first-order chi connectivity index (χ1) is 14.0. The van der Waals surface area contributed by atoms with E-state index in [-0.39, 0.29) is 5.56 Å². The molecule has 0 radical (unpaired) electrons. The predicted octanol–water partition coefficient (Wildman–Crippen LogP) is 3.04. The summed E-state index contributed by atoms with van der Waals surface area (Å²) in [6.07, 6.45) is 1.79. The Bertz CT molecular complexity index is 1270. The molecule has 0 atom stereocenters. The van der Waals surface area contributed by atoms with E-state index in [9.17, 15) is 4.79 Å². The molecule has 29 heavy (non-hydrogen) atoms. The SMILES string of the molecule is COc1cc(-c2nc3s/c(=C\c4ccc(Cl)cc4)c(=O)n3n2)cc(OC)c1OC. The Hall–Kier alpha value is -3.10. The second-order valence-corrected chi connectivity index (χ2v) is 7.46. The van der Waals surface area contributed by atoms with Gasteiger partial charge in [-0.3, -0.25) is 4.79 Å². The van der Waals surface area contributed by atoms with Crippen molar-refractivity contribution in [3.8, 4) is 28.6 Å². The van der Waals surface area contributed by atoms with E-state index < -0.39 is 0 Å². The largest absolute Gasteiger partial charge is 0.493 e. The lowest BCUT2D eigenvalue weighted by Crippen LogP contribution is -2.23. The van der Waals surface area contributed by atoms with Gasteiger partial charge in [0.1, 0.15) is 0 Å². The lowest BCUT2D eigenvalue weighted by atomic mass is 10.1. The zero-order valence-corrected chi connectivity index (χ0v) is 17.4. The van der Waals surface area contributed by atoms with Crippen LogP contribution >= 0.6 is 22.9 Å². The molecule has 4 aromatic rings. The average Bonchev–Trinajstić information content (AvgIpc) is 3.28. The van der Waals surface area contributed by atoms with Gasteiger partial charge in [0.25, 0.3) is 5.56 Å². The molecule has 0 aliphatic heterocycles. The molecule has 7 nitrogen and oxygen atoms in total. The first-order valence-corrected chi connectivity index (χ1v) is 9.70. The molecule has 2 heterocycles. The number of ether oxygens (including phenoxy) is 3. The third kappa shape index (κ3) is 3.52. The van der Waals surface area contributed by atoms with E-state index in [1.165, 1.54) is 37.2 Å². The molecule has 0 saturated heterocycles. The van der Waals surface area contributed by atoms with Crippen molar-refractivity contribution in [1.82, 2.24) is 14.6 Å². The van der Waals surface area contributed by atoms with Crippen LogP contribution in [0, 0.1) is 0 Å². The van der Waals surface area contributed by atoms with Crippen LogP contribution < -0.4 is 24.3 Å². The van der Waals surface area contributed by atoms with Crippen LogP contribution in [0.4, 0.5) is 0 Å². The van der Waals surface area contributed by atoms with Crippen LogP contribution in [0.3, 0.4) is 0 Å². The molecule has 0 amide bonds. The fraction of sp³-hybridized carbons (Fsp3) is 0.150. The molecule has 0 aliphatic carbocycles. The second kappa shape index (κ2) is 7.73. The average molecular weight is 430 g/mol. The summed E-state index contributed by atoms with van der Waals surface area (Å²) in [4.78, 5) is 17.7. The third-order valence-corrected chi connectivity index (χ3v) is 5.48. The molecule has 2 aromatic carbocycles. The fourth-order valence-corrected chi connectivity index (χ4v) is 3.91. The maximum absolute atomic E-state index is 12.7. The Morgan fingerprint density at radius 3 is 2.24 bits per heavy atom. The third-order valence-electron chi connectivity index (χ3n) is 4.27. The molecule has 0 bridgehead atoms. The second-order valence-electron chi connectivity index (χ2n) is 6.01. The highest BCUT2D eigenvalue weighted by molar-refractivity contribution is 7.15. The van der Waals surface area contributed by atoms with Gasteiger partial charge in [0, 0.05) is 10.6 Å². The van der Waals surface area contributed by atoms with Gasteiger partial charge in [0.2, 0.25) is 10.7 Å². The Labute approximate surface area is 174 Å². The highest BCUT2D eigenvalue weighted by Gasteiger charge is 2.18. The fourth-order valence-electron chi connectivity index (χ4n) is 2.88.